The number of nitrogens with zero attached hydrogens (tertiary/aromatic N) is 1. The molecule has 4 nitrogen and oxygen atoms in total. The van der Waals surface area contributed by atoms with Crippen molar-refractivity contribution in [3.63, 3.8) is 0 Å². The molecule has 1 aromatic rings. The fourth-order valence-corrected chi connectivity index (χ4v) is 1.96. The molecule has 0 bridgehead atoms. The van der Waals surface area contributed by atoms with Crippen LogP contribution in [0.25, 0.3) is 0 Å². The number of rotatable bonds is 10. The zero-order valence-electron chi connectivity index (χ0n) is 11.7. The average molecular weight is 288 g/mol. The molecule has 0 saturated carbocycles. The van der Waals surface area contributed by atoms with Crippen LogP contribution in [0.1, 0.15) is 5.56 Å². The fourth-order valence-electron chi connectivity index (χ4n) is 1.96. The molecule has 1 aromatic carbocycles. The SMILES string of the molecule is COCCNCc1ccccc1N(CCO)CC(F)F. The van der Waals surface area contributed by atoms with Gasteiger partial charge >= 0.3 is 0 Å². The number of anilines is 1. The summed E-state index contributed by atoms with van der Waals surface area (Å²) in [5.41, 5.74) is 1.66. The van der Waals surface area contributed by atoms with Crippen molar-refractivity contribution in [3.8, 4) is 0 Å². The van der Waals surface area contributed by atoms with Gasteiger partial charge in [-0.05, 0) is 11.6 Å². The monoisotopic (exact) mass is 288 g/mol. The number of halogens is 2. The molecule has 0 aliphatic carbocycles. The van der Waals surface area contributed by atoms with Crippen molar-refractivity contribution in [2.45, 2.75) is 13.0 Å². The lowest BCUT2D eigenvalue weighted by Gasteiger charge is -2.26. The molecule has 0 aliphatic heterocycles. The zero-order valence-corrected chi connectivity index (χ0v) is 11.7. The maximum absolute atomic E-state index is 12.6. The third-order valence-corrected chi connectivity index (χ3v) is 2.86. The first-order chi connectivity index (χ1) is 9.69. The lowest BCUT2D eigenvalue weighted by Crippen LogP contribution is -2.33. The standard InChI is InChI=1S/C14H22F2N2O2/c1-20-9-6-17-10-12-4-2-3-5-13(12)18(7-8-19)11-14(15)16/h2-5,14,17,19H,6-11H2,1H3. The van der Waals surface area contributed by atoms with E-state index >= 15 is 0 Å². The van der Waals surface area contributed by atoms with Gasteiger partial charge in [-0.2, -0.15) is 0 Å². The molecule has 0 spiro atoms. The number of para-hydroxylation sites is 1. The Morgan fingerprint density at radius 2 is 2.10 bits per heavy atom. The van der Waals surface area contributed by atoms with Crippen LogP contribution in [0.3, 0.4) is 0 Å². The van der Waals surface area contributed by atoms with Crippen molar-refractivity contribution in [1.29, 1.82) is 0 Å². The number of hydrogen-bond acceptors (Lipinski definition) is 4. The topological polar surface area (TPSA) is 44.7 Å². The van der Waals surface area contributed by atoms with Gasteiger partial charge in [-0.1, -0.05) is 18.2 Å². The van der Waals surface area contributed by atoms with Gasteiger partial charge in [0.25, 0.3) is 6.43 Å². The van der Waals surface area contributed by atoms with E-state index in [0.29, 0.717) is 19.7 Å². The van der Waals surface area contributed by atoms with Crippen LogP contribution in [0.5, 0.6) is 0 Å². The highest BCUT2D eigenvalue weighted by Crippen LogP contribution is 2.21. The highest BCUT2D eigenvalue weighted by Gasteiger charge is 2.15. The Kier molecular flexibility index (Phi) is 8.10. The van der Waals surface area contributed by atoms with Gasteiger partial charge < -0.3 is 20.1 Å². The highest BCUT2D eigenvalue weighted by atomic mass is 19.3. The number of aliphatic hydroxyl groups excluding tert-OH is 1. The summed E-state index contributed by atoms with van der Waals surface area (Å²) in [7, 11) is 1.63. The predicted molar refractivity (Wildman–Crippen MR) is 75.3 cm³/mol. The van der Waals surface area contributed by atoms with Crippen molar-refractivity contribution >= 4 is 5.69 Å². The van der Waals surface area contributed by atoms with Gasteiger partial charge in [-0.25, -0.2) is 8.78 Å². The first-order valence-corrected chi connectivity index (χ1v) is 6.60. The van der Waals surface area contributed by atoms with E-state index < -0.39 is 6.43 Å². The second-order valence-electron chi connectivity index (χ2n) is 4.36. The molecular weight excluding hydrogens is 266 g/mol. The minimum atomic E-state index is -2.43. The normalized spacial score (nSPS) is 11.1. The third-order valence-electron chi connectivity index (χ3n) is 2.86. The van der Waals surface area contributed by atoms with Crippen LogP contribution in [-0.4, -0.2) is 51.5 Å². The molecule has 114 valence electrons. The van der Waals surface area contributed by atoms with Crippen LogP contribution >= 0.6 is 0 Å². The molecule has 6 heteroatoms. The van der Waals surface area contributed by atoms with Crippen molar-refractivity contribution in [2.24, 2.45) is 0 Å². The molecule has 0 fully saturated rings. The summed E-state index contributed by atoms with van der Waals surface area (Å²) in [4.78, 5) is 1.51. The average Bonchev–Trinajstić information content (AvgIpc) is 2.43. The number of hydrogen-bond donors (Lipinski definition) is 2. The molecule has 0 aromatic heterocycles. The quantitative estimate of drug-likeness (QED) is 0.640. The summed E-state index contributed by atoms with van der Waals surface area (Å²) in [5, 5.41) is 12.2. The lowest BCUT2D eigenvalue weighted by molar-refractivity contribution is 0.152. The fraction of sp³-hybridized carbons (Fsp3) is 0.571. The summed E-state index contributed by atoms with van der Waals surface area (Å²) >= 11 is 0. The predicted octanol–water partition coefficient (Wildman–Crippen LogP) is 1.49. The summed E-state index contributed by atoms with van der Waals surface area (Å²) in [6, 6.07) is 7.37. The van der Waals surface area contributed by atoms with E-state index in [-0.39, 0.29) is 19.7 Å². The molecular formula is C14H22F2N2O2. The van der Waals surface area contributed by atoms with Crippen molar-refractivity contribution < 1.29 is 18.6 Å². The van der Waals surface area contributed by atoms with Gasteiger partial charge in [0, 0.05) is 32.4 Å². The van der Waals surface area contributed by atoms with Crippen LogP contribution in [-0.2, 0) is 11.3 Å². The van der Waals surface area contributed by atoms with Crippen molar-refractivity contribution in [1.82, 2.24) is 5.32 Å². The van der Waals surface area contributed by atoms with E-state index in [4.69, 9.17) is 9.84 Å². The Bertz CT molecular complexity index is 378. The van der Waals surface area contributed by atoms with Crippen molar-refractivity contribution in [3.05, 3.63) is 29.8 Å². The van der Waals surface area contributed by atoms with Crippen molar-refractivity contribution in [2.75, 3.05) is 44.9 Å². The van der Waals surface area contributed by atoms with Gasteiger partial charge in [0.05, 0.1) is 19.8 Å². The number of aliphatic hydroxyl groups is 1. The van der Waals surface area contributed by atoms with E-state index in [2.05, 4.69) is 5.32 Å². The lowest BCUT2D eigenvalue weighted by atomic mass is 10.1. The van der Waals surface area contributed by atoms with Gasteiger partial charge in [0.15, 0.2) is 0 Å². The second-order valence-corrected chi connectivity index (χ2v) is 4.36. The second kappa shape index (κ2) is 9.63. The van der Waals surface area contributed by atoms with Gasteiger partial charge in [0.1, 0.15) is 0 Å². The third kappa shape index (κ3) is 5.81. The van der Waals surface area contributed by atoms with Gasteiger partial charge in [-0.15, -0.1) is 0 Å². The maximum Gasteiger partial charge on any atom is 0.255 e. The Morgan fingerprint density at radius 3 is 2.75 bits per heavy atom. The van der Waals surface area contributed by atoms with E-state index in [1.165, 1.54) is 4.90 Å². The first kappa shape index (κ1) is 16.8. The van der Waals surface area contributed by atoms with Crippen LogP contribution < -0.4 is 10.2 Å². The Balaban J connectivity index is 2.74. The Labute approximate surface area is 118 Å². The number of benzene rings is 1. The summed E-state index contributed by atoms with van der Waals surface area (Å²) in [5.74, 6) is 0. The molecule has 0 saturated heterocycles. The summed E-state index contributed by atoms with van der Waals surface area (Å²) < 4.78 is 30.2. The zero-order chi connectivity index (χ0) is 14.8. The summed E-state index contributed by atoms with van der Waals surface area (Å²) in [6.45, 7) is 1.52. The molecule has 1 rings (SSSR count). The van der Waals surface area contributed by atoms with E-state index in [1.54, 1.807) is 13.2 Å². The molecule has 0 heterocycles. The Morgan fingerprint density at radius 1 is 1.35 bits per heavy atom. The molecule has 0 amide bonds. The molecule has 0 atom stereocenters. The molecule has 0 unspecified atom stereocenters. The van der Waals surface area contributed by atoms with E-state index in [1.807, 2.05) is 18.2 Å². The van der Waals surface area contributed by atoms with E-state index in [0.717, 1.165) is 11.3 Å². The van der Waals surface area contributed by atoms with Gasteiger partial charge in [0.2, 0.25) is 0 Å². The van der Waals surface area contributed by atoms with E-state index in [9.17, 15) is 8.78 Å². The number of alkyl halides is 2. The first-order valence-electron chi connectivity index (χ1n) is 6.60. The number of ether oxygens (including phenoxy) is 1. The van der Waals surface area contributed by atoms with Crippen LogP contribution in [0, 0.1) is 0 Å². The van der Waals surface area contributed by atoms with Crippen LogP contribution in [0.4, 0.5) is 14.5 Å². The van der Waals surface area contributed by atoms with Gasteiger partial charge in [-0.3, -0.25) is 0 Å². The maximum atomic E-state index is 12.6. The molecule has 0 radical (unpaired) electrons. The molecule has 2 N–H and O–H groups in total. The van der Waals surface area contributed by atoms with Crippen LogP contribution in [0.2, 0.25) is 0 Å². The molecule has 0 aliphatic rings. The number of methoxy groups -OCH3 is 1. The van der Waals surface area contributed by atoms with Crippen LogP contribution in [0.15, 0.2) is 24.3 Å². The smallest absolute Gasteiger partial charge is 0.255 e. The highest BCUT2D eigenvalue weighted by molar-refractivity contribution is 5.53. The minimum Gasteiger partial charge on any atom is -0.395 e. The summed E-state index contributed by atoms with van der Waals surface area (Å²) in [6.07, 6.45) is -2.43. The minimum absolute atomic E-state index is 0.155. The number of nitrogens with one attached hydrogen (secondary N) is 1. The largest absolute Gasteiger partial charge is 0.395 e. The Hall–Kier alpha value is -1.24. The molecule has 20 heavy (non-hydrogen) atoms.